The summed E-state index contributed by atoms with van der Waals surface area (Å²) >= 11 is 0. The average molecular weight is 814 g/mol. The molecule has 0 radical (unpaired) electrons. The molecule has 12 heteroatoms. The van der Waals surface area contributed by atoms with Crippen LogP contribution in [-0.4, -0.2) is 92.3 Å². The molecule has 1 aliphatic carbocycles. The number of nitrogens with zero attached hydrogens (tertiary/aromatic N) is 1. The number of esters is 1. The van der Waals surface area contributed by atoms with Gasteiger partial charge in [-0.2, -0.15) is 0 Å². The fourth-order valence-electron chi connectivity index (χ4n) is 6.61. The van der Waals surface area contributed by atoms with E-state index in [1.165, 1.54) is 70.6 Å². The van der Waals surface area contributed by atoms with E-state index in [1.54, 1.807) is 18.4 Å². The fraction of sp³-hybridized carbons (Fsp3) is 0.818. The summed E-state index contributed by atoms with van der Waals surface area (Å²) in [5.41, 5.74) is 0. The third kappa shape index (κ3) is 28.5. The smallest absolute Gasteiger partial charge is 0.306 e. The monoisotopic (exact) mass is 814 g/mol. The Morgan fingerprint density at radius 1 is 0.857 bits per heavy atom. The van der Waals surface area contributed by atoms with Gasteiger partial charge >= 0.3 is 5.97 Å². The van der Waals surface area contributed by atoms with Gasteiger partial charge in [0.2, 0.25) is 0 Å². The van der Waals surface area contributed by atoms with Gasteiger partial charge in [0.05, 0.1) is 46.2 Å². The van der Waals surface area contributed by atoms with E-state index in [0.29, 0.717) is 36.7 Å². The second-order valence-corrected chi connectivity index (χ2v) is 18.0. The fourth-order valence-corrected chi connectivity index (χ4v) is 7.34. The molecule has 11 nitrogen and oxygen atoms in total. The van der Waals surface area contributed by atoms with Gasteiger partial charge in [-0.15, -0.1) is 0 Å². The number of hydrogen-bond donors (Lipinski definition) is 2. The van der Waals surface area contributed by atoms with Gasteiger partial charge in [-0.3, -0.25) is 14.2 Å². The van der Waals surface area contributed by atoms with Gasteiger partial charge in [0.15, 0.2) is 6.10 Å². The lowest BCUT2D eigenvalue weighted by Gasteiger charge is -2.28. The van der Waals surface area contributed by atoms with Crippen molar-refractivity contribution >= 4 is 19.6 Å². The number of carbonyl (C=O) groups is 2. The first-order valence-electron chi connectivity index (χ1n) is 21.9. The second kappa shape index (κ2) is 32.1. The van der Waals surface area contributed by atoms with Crippen molar-refractivity contribution in [3.63, 3.8) is 0 Å². The molecular formula is C44H80NO10P. The number of aliphatic hydroxyl groups is 2. The van der Waals surface area contributed by atoms with Crippen LogP contribution in [0.25, 0.3) is 0 Å². The maximum Gasteiger partial charge on any atom is 0.306 e. The van der Waals surface area contributed by atoms with Crippen LogP contribution in [0.15, 0.2) is 36.6 Å². The molecule has 0 saturated heterocycles. The number of hydrogen-bond acceptors (Lipinski definition) is 10. The maximum absolute atomic E-state index is 12.8. The van der Waals surface area contributed by atoms with Crippen LogP contribution >= 0.6 is 7.82 Å². The molecule has 1 unspecified atom stereocenters. The Labute approximate surface area is 340 Å². The Morgan fingerprint density at radius 2 is 1.46 bits per heavy atom. The molecule has 1 fully saturated rings. The highest BCUT2D eigenvalue weighted by molar-refractivity contribution is 7.45. The molecule has 1 aliphatic rings. The molecule has 6 atom stereocenters. The molecule has 0 aliphatic heterocycles. The number of Topliss-reactive ketones (excluding diaryl/α,β-unsaturated/α-hetero) is 1. The number of rotatable bonds is 36. The molecular weight excluding hydrogens is 733 g/mol. The van der Waals surface area contributed by atoms with Crippen molar-refractivity contribution in [2.45, 2.75) is 173 Å². The van der Waals surface area contributed by atoms with Crippen molar-refractivity contribution in [3.8, 4) is 0 Å². The molecule has 0 aromatic carbocycles. The van der Waals surface area contributed by atoms with Gasteiger partial charge in [-0.1, -0.05) is 128 Å². The Balaban J connectivity index is 2.50. The van der Waals surface area contributed by atoms with Crippen molar-refractivity contribution in [1.29, 1.82) is 0 Å². The zero-order valence-corrected chi connectivity index (χ0v) is 36.7. The molecule has 1 rings (SSSR count). The van der Waals surface area contributed by atoms with Gasteiger partial charge in [0, 0.05) is 24.7 Å². The molecule has 56 heavy (non-hydrogen) atoms. The summed E-state index contributed by atoms with van der Waals surface area (Å²) in [4.78, 5) is 37.7. The Kier molecular flexibility index (Phi) is 29.9. The van der Waals surface area contributed by atoms with Crippen molar-refractivity contribution < 1.29 is 52.3 Å². The van der Waals surface area contributed by atoms with Crippen molar-refractivity contribution in [2.24, 2.45) is 11.8 Å². The van der Waals surface area contributed by atoms with Gasteiger partial charge in [0.1, 0.15) is 25.5 Å². The molecule has 2 N–H and O–H groups in total. The summed E-state index contributed by atoms with van der Waals surface area (Å²) in [5, 5.41) is 20.7. The van der Waals surface area contributed by atoms with Gasteiger partial charge in [0.25, 0.3) is 7.82 Å². The zero-order chi connectivity index (χ0) is 41.5. The minimum Gasteiger partial charge on any atom is -0.756 e. The Morgan fingerprint density at radius 3 is 2.11 bits per heavy atom. The maximum atomic E-state index is 12.8. The van der Waals surface area contributed by atoms with Crippen LogP contribution in [-0.2, 0) is 32.7 Å². The Hall–Kier alpha value is -1.85. The number of carbonyl (C=O) groups excluding carboxylic acids is 2. The van der Waals surface area contributed by atoms with Crippen molar-refractivity contribution in [1.82, 2.24) is 0 Å². The number of unbranched alkanes of at least 4 members (excludes halogenated alkanes) is 15. The van der Waals surface area contributed by atoms with Crippen LogP contribution in [0.5, 0.6) is 0 Å². The summed E-state index contributed by atoms with van der Waals surface area (Å²) in [5.74, 6) is -1.20. The predicted octanol–water partition coefficient (Wildman–Crippen LogP) is 8.91. The first kappa shape index (κ1) is 52.2. The van der Waals surface area contributed by atoms with E-state index < -0.39 is 44.6 Å². The van der Waals surface area contributed by atoms with Gasteiger partial charge < -0.3 is 38.1 Å². The molecule has 0 aromatic heterocycles. The van der Waals surface area contributed by atoms with Crippen LogP contribution in [0.3, 0.4) is 0 Å². The van der Waals surface area contributed by atoms with Gasteiger partial charge in [-0.05, 0) is 44.6 Å². The van der Waals surface area contributed by atoms with E-state index >= 15 is 0 Å². The number of likely N-dealkylation sites (N-methyl/N-ethyl adjacent to an activating group) is 1. The number of quaternary nitrogens is 1. The highest BCUT2D eigenvalue weighted by Crippen LogP contribution is 2.38. The lowest BCUT2D eigenvalue weighted by Crippen LogP contribution is -2.37. The lowest BCUT2D eigenvalue weighted by molar-refractivity contribution is -0.870. The van der Waals surface area contributed by atoms with Gasteiger partial charge in [-0.25, -0.2) is 0 Å². The average Bonchev–Trinajstić information content (AvgIpc) is 3.40. The minimum atomic E-state index is -4.61. The normalized spacial score (nSPS) is 20.0. The molecule has 0 heterocycles. The highest BCUT2D eigenvalue weighted by atomic mass is 31.2. The zero-order valence-electron chi connectivity index (χ0n) is 35.8. The van der Waals surface area contributed by atoms with E-state index in [-0.39, 0.29) is 37.8 Å². The molecule has 326 valence electrons. The highest BCUT2D eigenvalue weighted by Gasteiger charge is 2.39. The quantitative estimate of drug-likeness (QED) is 0.0157. The Bertz CT molecular complexity index is 1150. The van der Waals surface area contributed by atoms with Crippen LogP contribution in [0.2, 0.25) is 0 Å². The number of allylic oxidation sites excluding steroid dienone is 4. The summed E-state index contributed by atoms with van der Waals surface area (Å²) in [6.07, 6.45) is 30.4. The first-order chi connectivity index (χ1) is 26.8. The van der Waals surface area contributed by atoms with Crippen LogP contribution < -0.4 is 4.89 Å². The van der Waals surface area contributed by atoms with Crippen LogP contribution in [0.1, 0.15) is 155 Å². The number of ketones is 1. The summed E-state index contributed by atoms with van der Waals surface area (Å²) in [7, 11) is 1.16. The minimum absolute atomic E-state index is 0.0164. The largest absolute Gasteiger partial charge is 0.756 e. The number of phosphoric ester groups is 1. The molecule has 0 aromatic rings. The summed E-state index contributed by atoms with van der Waals surface area (Å²) < 4.78 is 34.2. The molecule has 0 bridgehead atoms. The lowest BCUT2D eigenvalue weighted by atomic mass is 9.90. The predicted molar refractivity (Wildman–Crippen MR) is 223 cm³/mol. The second-order valence-electron chi connectivity index (χ2n) is 16.6. The third-order valence-corrected chi connectivity index (χ3v) is 11.1. The van der Waals surface area contributed by atoms with Crippen LogP contribution in [0, 0.1) is 11.8 Å². The van der Waals surface area contributed by atoms with Crippen molar-refractivity contribution in [2.75, 3.05) is 47.5 Å². The summed E-state index contributed by atoms with van der Waals surface area (Å²) in [6.45, 7) is 4.31. The molecule has 0 amide bonds. The summed E-state index contributed by atoms with van der Waals surface area (Å²) in [6, 6.07) is 0. The van der Waals surface area contributed by atoms with E-state index in [0.717, 1.165) is 32.1 Å². The third-order valence-electron chi connectivity index (χ3n) is 10.1. The number of aliphatic hydroxyl groups excluding tert-OH is 2. The first-order valence-corrected chi connectivity index (χ1v) is 23.3. The topological polar surface area (TPSA) is 152 Å². The number of ether oxygens (including phenoxy) is 2. The van der Waals surface area contributed by atoms with E-state index in [4.69, 9.17) is 18.5 Å². The standard InChI is InChI=1S/C44H80NO10P/c1-6-8-10-11-12-13-14-15-16-17-18-19-22-26-33-52-36-39(37-54-56(50,51)53-34-32-45(3,4)5)55-44(49)29-25-21-20-24-28-40-41(43(48)35-42(40)47)31-30-38(46)27-23-9-7-2/h20,24,26,30-31,33,38-42,46-47H,6-19,21-23,25,27-29,32,34-37H2,1-5H3/b24-20-,31-30+,33-26+/t38-,39+,40+,41+,42-/m0/s1. The van der Waals surface area contributed by atoms with Crippen molar-refractivity contribution in [3.05, 3.63) is 36.6 Å². The van der Waals surface area contributed by atoms with E-state index in [1.807, 2.05) is 39.4 Å². The van der Waals surface area contributed by atoms with E-state index in [9.17, 15) is 29.3 Å². The van der Waals surface area contributed by atoms with Crippen LogP contribution in [0.4, 0.5) is 0 Å². The molecule has 1 saturated carbocycles. The SMILES string of the molecule is CCCCCCCCCCCCCC/C=C/OC[C@H](COP(=O)([O-])OCC[N+](C)(C)C)OC(=O)CCC/C=C\C[C@H]1[C@@H](O)CC(=O)[C@@H]1/C=C/[C@@H](O)CCCCC. The molecule has 0 spiro atoms. The van der Waals surface area contributed by atoms with E-state index in [2.05, 4.69) is 13.8 Å². The number of phosphoric acid groups is 1.